The van der Waals surface area contributed by atoms with Gasteiger partial charge in [-0.3, -0.25) is 4.79 Å². The van der Waals surface area contributed by atoms with E-state index >= 15 is 0 Å². The van der Waals surface area contributed by atoms with E-state index in [0.717, 1.165) is 57.0 Å². The molecule has 4 aliphatic rings. The molecule has 2 bridgehead atoms. The molecule has 6 atom stereocenters. The highest BCUT2D eigenvalue weighted by Gasteiger charge is 2.78. The molecule has 3 saturated carbocycles. The maximum Gasteiger partial charge on any atom is 0.303 e. The van der Waals surface area contributed by atoms with Crippen LogP contribution in [0.3, 0.4) is 0 Å². The smallest absolute Gasteiger partial charge is 0.303 e. The largest absolute Gasteiger partial charge is 0.497 e. The second-order valence-electron chi connectivity index (χ2n) is 9.77. The Morgan fingerprint density at radius 3 is 2.75 bits per heavy atom. The van der Waals surface area contributed by atoms with E-state index in [1.54, 1.807) is 7.11 Å². The van der Waals surface area contributed by atoms with Gasteiger partial charge in [0.2, 0.25) is 0 Å². The van der Waals surface area contributed by atoms with Crippen LogP contribution in [0.2, 0.25) is 0 Å². The molecule has 1 aromatic rings. The summed E-state index contributed by atoms with van der Waals surface area (Å²) in [6, 6.07) is 6.57. The fourth-order valence-corrected chi connectivity index (χ4v) is 8.20. The van der Waals surface area contributed by atoms with Crippen molar-refractivity contribution in [3.8, 4) is 5.75 Å². The van der Waals surface area contributed by atoms with Crippen LogP contribution in [0.25, 0.3) is 0 Å². The number of esters is 1. The summed E-state index contributed by atoms with van der Waals surface area (Å²) in [7, 11) is 1.73. The number of methoxy groups -OCH3 is 1. The van der Waals surface area contributed by atoms with Gasteiger partial charge in [-0.05, 0) is 85.5 Å². The minimum absolute atomic E-state index is 0.0949. The first kappa shape index (κ1) is 18.2. The molecule has 150 valence electrons. The number of aryl methyl sites for hydroxylation is 1. The number of rotatable bonds is 3. The molecule has 0 amide bonds. The van der Waals surface area contributed by atoms with Gasteiger partial charge in [0.05, 0.1) is 13.0 Å². The van der Waals surface area contributed by atoms with Crippen molar-refractivity contribution in [3.63, 3.8) is 0 Å². The summed E-state index contributed by atoms with van der Waals surface area (Å²) in [5.74, 6) is 1.64. The fraction of sp³-hybridized carbons (Fsp3) is 0.667. The summed E-state index contributed by atoms with van der Waals surface area (Å²) in [5, 5.41) is 0. The van der Waals surface area contributed by atoms with Gasteiger partial charge in [-0.15, -0.1) is 0 Å². The molecule has 0 aromatic heterocycles. The van der Waals surface area contributed by atoms with Crippen molar-refractivity contribution < 1.29 is 19.1 Å². The Balaban J connectivity index is 1.59. The lowest BCUT2D eigenvalue weighted by atomic mass is 9.48. The van der Waals surface area contributed by atoms with Crippen molar-refractivity contribution in [2.45, 2.75) is 70.3 Å². The molecular formula is C24H30O4. The molecule has 0 spiro atoms. The summed E-state index contributed by atoms with van der Waals surface area (Å²) in [4.78, 5) is 24.1. The quantitative estimate of drug-likeness (QED) is 0.573. The number of hydrogen-bond donors (Lipinski definition) is 0. The Morgan fingerprint density at radius 2 is 2.04 bits per heavy atom. The zero-order chi connectivity index (χ0) is 19.7. The van der Waals surface area contributed by atoms with Gasteiger partial charge in [-0.1, -0.05) is 13.0 Å². The third-order valence-corrected chi connectivity index (χ3v) is 9.27. The Labute approximate surface area is 167 Å². The Hall–Kier alpha value is -1.84. The van der Waals surface area contributed by atoms with Crippen molar-refractivity contribution in [2.75, 3.05) is 7.11 Å². The van der Waals surface area contributed by atoms with Gasteiger partial charge in [-0.2, -0.15) is 0 Å². The molecule has 3 fully saturated rings. The predicted octanol–water partition coefficient (Wildman–Crippen LogP) is 4.44. The first-order valence-corrected chi connectivity index (χ1v) is 10.7. The summed E-state index contributed by atoms with van der Waals surface area (Å²) in [5.41, 5.74) is 2.32. The predicted molar refractivity (Wildman–Crippen MR) is 105 cm³/mol. The van der Waals surface area contributed by atoms with Crippen molar-refractivity contribution in [3.05, 3.63) is 29.3 Å². The molecule has 0 radical (unpaired) electrons. The van der Waals surface area contributed by atoms with Crippen LogP contribution in [0.4, 0.5) is 0 Å². The minimum Gasteiger partial charge on any atom is -0.497 e. The van der Waals surface area contributed by atoms with E-state index in [2.05, 4.69) is 25.1 Å². The topological polar surface area (TPSA) is 52.6 Å². The van der Waals surface area contributed by atoms with Crippen LogP contribution in [-0.4, -0.2) is 25.0 Å². The second kappa shape index (κ2) is 5.84. The maximum atomic E-state index is 12.1. The van der Waals surface area contributed by atoms with E-state index in [1.165, 1.54) is 18.1 Å². The molecule has 0 unspecified atom stereocenters. The molecule has 4 aliphatic carbocycles. The average Bonchev–Trinajstić information content (AvgIpc) is 3.06. The number of aldehydes is 1. The number of hydrogen-bond acceptors (Lipinski definition) is 4. The second-order valence-corrected chi connectivity index (χ2v) is 9.77. The fourth-order valence-electron chi connectivity index (χ4n) is 8.20. The first-order valence-electron chi connectivity index (χ1n) is 10.7. The van der Waals surface area contributed by atoms with Gasteiger partial charge in [0.15, 0.2) is 0 Å². The van der Waals surface area contributed by atoms with Crippen LogP contribution in [0.1, 0.15) is 69.4 Å². The summed E-state index contributed by atoms with van der Waals surface area (Å²) in [6.45, 7) is 3.82. The van der Waals surface area contributed by atoms with Crippen LogP contribution >= 0.6 is 0 Å². The average molecular weight is 383 g/mol. The minimum atomic E-state index is -0.592. The lowest BCUT2D eigenvalue weighted by Gasteiger charge is -2.56. The monoisotopic (exact) mass is 382 g/mol. The van der Waals surface area contributed by atoms with Gasteiger partial charge >= 0.3 is 5.97 Å². The van der Waals surface area contributed by atoms with Crippen LogP contribution in [0.5, 0.6) is 5.75 Å². The van der Waals surface area contributed by atoms with Crippen LogP contribution in [0, 0.1) is 22.7 Å². The molecule has 4 nitrogen and oxygen atoms in total. The molecule has 0 heterocycles. The normalized spacial score (nSPS) is 42.9. The summed E-state index contributed by atoms with van der Waals surface area (Å²) in [6.07, 6.45) is 8.24. The molecule has 5 rings (SSSR count). The zero-order valence-electron chi connectivity index (χ0n) is 17.1. The molecule has 28 heavy (non-hydrogen) atoms. The third kappa shape index (κ3) is 1.97. The number of fused-ring (bicyclic) bond motifs is 3. The zero-order valence-corrected chi connectivity index (χ0v) is 17.1. The van der Waals surface area contributed by atoms with E-state index in [0.29, 0.717) is 11.8 Å². The van der Waals surface area contributed by atoms with Crippen LogP contribution in [0.15, 0.2) is 18.2 Å². The van der Waals surface area contributed by atoms with Crippen molar-refractivity contribution in [1.29, 1.82) is 0 Å². The summed E-state index contributed by atoms with van der Waals surface area (Å²) < 4.78 is 11.5. The number of benzene rings is 1. The van der Waals surface area contributed by atoms with E-state index in [-0.39, 0.29) is 22.7 Å². The Kier molecular flexibility index (Phi) is 3.80. The van der Waals surface area contributed by atoms with Crippen LogP contribution < -0.4 is 4.74 Å². The molecule has 0 N–H and O–H groups in total. The number of ether oxygens (including phenoxy) is 2. The van der Waals surface area contributed by atoms with Gasteiger partial charge in [-0.25, -0.2) is 0 Å². The van der Waals surface area contributed by atoms with Gasteiger partial charge in [0.25, 0.3) is 0 Å². The third-order valence-electron chi connectivity index (χ3n) is 9.27. The van der Waals surface area contributed by atoms with E-state index < -0.39 is 5.60 Å². The highest BCUT2D eigenvalue weighted by atomic mass is 16.6. The lowest BCUT2D eigenvalue weighted by Crippen LogP contribution is -2.54. The van der Waals surface area contributed by atoms with E-state index in [1.807, 2.05) is 0 Å². The molecular weight excluding hydrogens is 352 g/mol. The SMILES string of the molecule is COc1ccc2c(c1)CC[C@@H]1[C@@H]2CC[C@@]2(C)[C@]13CC[C@]2(OC(C)=O)[C@H](C=O)C3. The van der Waals surface area contributed by atoms with E-state index in [4.69, 9.17) is 9.47 Å². The van der Waals surface area contributed by atoms with Crippen LogP contribution in [-0.2, 0) is 20.7 Å². The lowest BCUT2D eigenvalue weighted by molar-refractivity contribution is -0.180. The standard InChI is InChI=1S/C24H30O4/c1-15(26)28-24-11-10-23(13-17(24)14-25)21-7-4-16-12-18(27-3)5-6-19(16)20(21)8-9-22(23,24)2/h5-6,12,14,17,20-21H,4,7-11,13H2,1-3H3/t17-,20+,21+,22-,23-,24-/m0/s1. The van der Waals surface area contributed by atoms with Gasteiger partial charge < -0.3 is 14.3 Å². The van der Waals surface area contributed by atoms with Gasteiger partial charge in [0.1, 0.15) is 17.6 Å². The van der Waals surface area contributed by atoms with Gasteiger partial charge in [0, 0.05) is 12.3 Å². The van der Waals surface area contributed by atoms with E-state index in [9.17, 15) is 9.59 Å². The first-order chi connectivity index (χ1) is 13.4. The van der Waals surface area contributed by atoms with Crippen molar-refractivity contribution in [1.82, 2.24) is 0 Å². The summed E-state index contributed by atoms with van der Waals surface area (Å²) >= 11 is 0. The van der Waals surface area contributed by atoms with Crippen molar-refractivity contribution in [2.24, 2.45) is 22.7 Å². The highest BCUT2D eigenvalue weighted by molar-refractivity contribution is 5.69. The molecule has 1 aromatic carbocycles. The molecule has 0 saturated heterocycles. The molecule has 4 heteroatoms. The molecule has 0 aliphatic heterocycles. The Bertz CT molecular complexity index is 847. The number of carbonyl (C=O) groups excluding carboxylic acids is 2. The number of carbonyl (C=O) groups is 2. The maximum absolute atomic E-state index is 12.1. The Morgan fingerprint density at radius 1 is 1.21 bits per heavy atom. The highest BCUT2D eigenvalue weighted by Crippen LogP contribution is 2.79. The van der Waals surface area contributed by atoms with Crippen molar-refractivity contribution >= 4 is 12.3 Å².